The van der Waals surface area contributed by atoms with Crippen LogP contribution >= 0.6 is 0 Å². The Morgan fingerprint density at radius 3 is 0.940 bits per heavy atom. The van der Waals surface area contributed by atoms with E-state index in [0.717, 1.165) is 83.5 Å². The lowest BCUT2D eigenvalue weighted by atomic mass is 10.0. The van der Waals surface area contributed by atoms with Crippen molar-refractivity contribution in [3.8, 4) is 0 Å². The summed E-state index contributed by atoms with van der Waals surface area (Å²) in [5.74, 6) is -0.900. The molecule has 0 aliphatic heterocycles. The number of unbranched alkanes of at least 4 members (excludes halogenated alkanes) is 34. The van der Waals surface area contributed by atoms with Crippen LogP contribution in [0, 0.1) is 0 Å². The predicted octanol–water partition coefficient (Wildman–Crippen LogP) is 19.4. The minimum atomic E-state index is -0.785. The minimum Gasteiger partial charge on any atom is -0.462 e. The fraction of sp³-hybridized carbons (Fsp3) is 0.820. The predicted molar refractivity (Wildman–Crippen MR) is 289 cm³/mol. The van der Waals surface area contributed by atoms with Crippen molar-refractivity contribution < 1.29 is 28.6 Å². The molecular weight excluding hydrogens is 829 g/mol. The molecule has 0 heterocycles. The lowest BCUT2D eigenvalue weighted by Crippen LogP contribution is -2.30. The third-order valence-electron chi connectivity index (χ3n) is 12.8. The van der Waals surface area contributed by atoms with E-state index in [1.54, 1.807) is 0 Å². The topological polar surface area (TPSA) is 78.9 Å². The van der Waals surface area contributed by atoms with Gasteiger partial charge in [0.1, 0.15) is 13.2 Å². The number of allylic oxidation sites excluding steroid dienone is 8. The molecule has 0 radical (unpaired) electrons. The van der Waals surface area contributed by atoms with Gasteiger partial charge in [0, 0.05) is 19.3 Å². The van der Waals surface area contributed by atoms with Gasteiger partial charge < -0.3 is 14.2 Å². The molecule has 0 spiro atoms. The van der Waals surface area contributed by atoms with Crippen LogP contribution in [0.25, 0.3) is 0 Å². The Morgan fingerprint density at radius 1 is 0.313 bits per heavy atom. The van der Waals surface area contributed by atoms with Gasteiger partial charge in [-0.15, -0.1) is 0 Å². The summed E-state index contributed by atoms with van der Waals surface area (Å²) in [5, 5.41) is 0. The van der Waals surface area contributed by atoms with E-state index >= 15 is 0 Å². The van der Waals surface area contributed by atoms with E-state index in [1.165, 1.54) is 180 Å². The molecule has 0 aromatic rings. The summed E-state index contributed by atoms with van der Waals surface area (Å²) >= 11 is 0. The van der Waals surface area contributed by atoms with Gasteiger partial charge in [-0.1, -0.05) is 256 Å². The Balaban J connectivity index is 4.20. The lowest BCUT2D eigenvalue weighted by molar-refractivity contribution is -0.167. The summed E-state index contributed by atoms with van der Waals surface area (Å²) in [7, 11) is 0. The van der Waals surface area contributed by atoms with Crippen LogP contribution < -0.4 is 0 Å². The summed E-state index contributed by atoms with van der Waals surface area (Å²) in [5.41, 5.74) is 0. The second kappa shape index (κ2) is 56.0. The normalized spacial score (nSPS) is 12.3. The number of carbonyl (C=O) groups excluding carboxylic acids is 3. The standard InChI is InChI=1S/C61H110O6/c1-4-7-10-13-16-19-22-24-25-26-27-28-29-30-31-32-33-34-35-37-39-42-45-48-51-54-60(63)66-57-58(56-65-59(62)53-50-47-44-41-38-21-18-15-12-9-6-3)67-61(64)55-52-49-46-43-40-36-23-20-17-14-11-8-5-2/h8,11,17,20,26-27,36,40,58H,4-7,9-10,12-16,18-19,21-25,28-35,37-39,41-57H2,1-3H3/b11-8-,20-17-,27-26-,40-36-. The van der Waals surface area contributed by atoms with Crippen molar-refractivity contribution in [2.45, 2.75) is 309 Å². The highest BCUT2D eigenvalue weighted by Crippen LogP contribution is 2.16. The number of ether oxygens (including phenoxy) is 3. The number of carbonyl (C=O) groups is 3. The van der Waals surface area contributed by atoms with Crippen molar-refractivity contribution in [3.05, 3.63) is 48.6 Å². The molecule has 0 aromatic carbocycles. The molecule has 6 heteroatoms. The Hall–Kier alpha value is -2.63. The van der Waals surface area contributed by atoms with Gasteiger partial charge >= 0.3 is 17.9 Å². The smallest absolute Gasteiger partial charge is 0.306 e. The number of esters is 3. The van der Waals surface area contributed by atoms with Gasteiger partial charge in [-0.2, -0.15) is 0 Å². The van der Waals surface area contributed by atoms with Crippen molar-refractivity contribution in [2.75, 3.05) is 13.2 Å². The number of hydrogen-bond acceptors (Lipinski definition) is 6. The van der Waals surface area contributed by atoms with Crippen LogP contribution in [0.15, 0.2) is 48.6 Å². The van der Waals surface area contributed by atoms with E-state index in [0.29, 0.717) is 19.3 Å². The maximum atomic E-state index is 12.8. The van der Waals surface area contributed by atoms with Crippen LogP contribution in [0.4, 0.5) is 0 Å². The van der Waals surface area contributed by atoms with E-state index in [4.69, 9.17) is 14.2 Å². The maximum absolute atomic E-state index is 12.8. The van der Waals surface area contributed by atoms with Crippen LogP contribution in [-0.2, 0) is 28.6 Å². The largest absolute Gasteiger partial charge is 0.462 e. The fourth-order valence-corrected chi connectivity index (χ4v) is 8.45. The molecule has 1 unspecified atom stereocenters. The third kappa shape index (κ3) is 54.2. The van der Waals surface area contributed by atoms with Gasteiger partial charge in [-0.05, 0) is 77.0 Å². The van der Waals surface area contributed by atoms with Gasteiger partial charge in [0.15, 0.2) is 6.10 Å². The molecule has 0 saturated heterocycles. The molecule has 0 amide bonds. The van der Waals surface area contributed by atoms with Crippen molar-refractivity contribution in [1.82, 2.24) is 0 Å². The van der Waals surface area contributed by atoms with E-state index in [-0.39, 0.29) is 31.1 Å². The average molecular weight is 940 g/mol. The molecule has 0 N–H and O–H groups in total. The van der Waals surface area contributed by atoms with Gasteiger partial charge in [0.2, 0.25) is 0 Å². The first-order valence-electron chi connectivity index (χ1n) is 29.1. The second-order valence-corrected chi connectivity index (χ2v) is 19.5. The monoisotopic (exact) mass is 939 g/mol. The summed E-state index contributed by atoms with van der Waals surface area (Å²) in [6.45, 7) is 6.52. The molecule has 0 saturated carbocycles. The van der Waals surface area contributed by atoms with E-state index in [9.17, 15) is 14.4 Å². The first-order chi connectivity index (χ1) is 33.0. The molecule has 1 atom stereocenters. The lowest BCUT2D eigenvalue weighted by Gasteiger charge is -2.18. The van der Waals surface area contributed by atoms with Gasteiger partial charge in [0.05, 0.1) is 0 Å². The van der Waals surface area contributed by atoms with E-state index in [1.807, 2.05) is 0 Å². The molecule has 67 heavy (non-hydrogen) atoms. The van der Waals surface area contributed by atoms with Gasteiger partial charge in [-0.25, -0.2) is 0 Å². The fourth-order valence-electron chi connectivity index (χ4n) is 8.45. The third-order valence-corrected chi connectivity index (χ3v) is 12.8. The van der Waals surface area contributed by atoms with Gasteiger partial charge in [0.25, 0.3) is 0 Å². The number of rotatable bonds is 53. The molecule has 0 aromatic heterocycles. The van der Waals surface area contributed by atoms with E-state index < -0.39 is 6.10 Å². The molecule has 0 aliphatic rings. The molecule has 6 nitrogen and oxygen atoms in total. The summed E-state index contributed by atoms with van der Waals surface area (Å²) in [4.78, 5) is 38.0. The van der Waals surface area contributed by atoms with E-state index in [2.05, 4.69) is 69.4 Å². The highest BCUT2D eigenvalue weighted by molar-refractivity contribution is 5.71. The highest BCUT2D eigenvalue weighted by atomic mass is 16.6. The SMILES string of the molecule is CC/C=C\C/C=C\C/C=C\CCCCCC(=O)OC(COC(=O)CCCCCCCCCCCCC)COC(=O)CCCCCCCCCCCCCCC/C=C\CCCCCCCCCC. The maximum Gasteiger partial charge on any atom is 0.306 e. The molecule has 0 rings (SSSR count). The van der Waals surface area contributed by atoms with Crippen molar-refractivity contribution >= 4 is 17.9 Å². The zero-order chi connectivity index (χ0) is 48.6. The minimum absolute atomic E-state index is 0.0820. The van der Waals surface area contributed by atoms with Crippen molar-refractivity contribution in [2.24, 2.45) is 0 Å². The quantitative estimate of drug-likeness (QED) is 0.0262. The van der Waals surface area contributed by atoms with Crippen LogP contribution in [-0.4, -0.2) is 37.2 Å². The number of hydrogen-bond donors (Lipinski definition) is 0. The van der Waals surface area contributed by atoms with Crippen LogP contribution in [0.3, 0.4) is 0 Å². The van der Waals surface area contributed by atoms with Crippen LogP contribution in [0.1, 0.15) is 303 Å². The van der Waals surface area contributed by atoms with Gasteiger partial charge in [-0.3, -0.25) is 14.4 Å². The Morgan fingerprint density at radius 2 is 0.582 bits per heavy atom. The zero-order valence-corrected chi connectivity index (χ0v) is 44.7. The van der Waals surface area contributed by atoms with Crippen LogP contribution in [0.2, 0.25) is 0 Å². The molecule has 0 fully saturated rings. The Kier molecular flexibility index (Phi) is 53.8. The average Bonchev–Trinajstić information content (AvgIpc) is 3.33. The van der Waals surface area contributed by atoms with Crippen LogP contribution in [0.5, 0.6) is 0 Å². The summed E-state index contributed by atoms with van der Waals surface area (Å²) in [6, 6.07) is 0. The Bertz CT molecular complexity index is 1170. The summed E-state index contributed by atoms with van der Waals surface area (Å²) < 4.78 is 16.8. The Labute approximate surface area is 416 Å². The molecule has 390 valence electrons. The molecular formula is C61H110O6. The molecule has 0 aliphatic carbocycles. The zero-order valence-electron chi connectivity index (χ0n) is 44.7. The molecule has 0 bridgehead atoms. The summed E-state index contributed by atoms with van der Waals surface area (Å²) in [6.07, 6.45) is 68.4. The van der Waals surface area contributed by atoms with Crippen molar-refractivity contribution in [1.29, 1.82) is 0 Å². The second-order valence-electron chi connectivity index (χ2n) is 19.5. The first kappa shape index (κ1) is 64.4. The first-order valence-corrected chi connectivity index (χ1v) is 29.1. The van der Waals surface area contributed by atoms with Crippen molar-refractivity contribution in [3.63, 3.8) is 0 Å². The highest BCUT2D eigenvalue weighted by Gasteiger charge is 2.19.